The number of nitrogens with one attached hydrogen (secondary N) is 3. The number of hydrogen-bond donors (Lipinski definition) is 3. The molecule has 0 saturated carbocycles. The van der Waals surface area contributed by atoms with E-state index in [0.29, 0.717) is 18.5 Å². The van der Waals surface area contributed by atoms with Crippen molar-refractivity contribution in [2.45, 2.75) is 19.5 Å². The average Bonchev–Trinajstić information content (AvgIpc) is 3.30. The highest BCUT2D eigenvalue weighted by Gasteiger charge is 2.16. The molecule has 3 N–H and O–H groups in total. The van der Waals surface area contributed by atoms with Crippen molar-refractivity contribution in [3.63, 3.8) is 0 Å². The molecule has 1 aliphatic heterocycles. The number of urea groups is 1. The summed E-state index contributed by atoms with van der Waals surface area (Å²) in [5, 5.41) is 10.5. The van der Waals surface area contributed by atoms with Crippen LogP contribution in [0.3, 0.4) is 0 Å². The zero-order chi connectivity index (χ0) is 25.1. The number of piperazine rings is 1. The van der Waals surface area contributed by atoms with Gasteiger partial charge in [0.15, 0.2) is 0 Å². The molecule has 0 spiro atoms. The van der Waals surface area contributed by atoms with E-state index in [2.05, 4.69) is 61.6 Å². The first kappa shape index (κ1) is 23.6. The summed E-state index contributed by atoms with van der Waals surface area (Å²) < 4.78 is 2.08. The van der Waals surface area contributed by atoms with E-state index in [1.807, 2.05) is 42.7 Å². The third-order valence-corrected chi connectivity index (χ3v) is 6.57. The molecule has 1 aliphatic rings. The van der Waals surface area contributed by atoms with Crippen LogP contribution in [0.15, 0.2) is 67.0 Å². The summed E-state index contributed by atoms with van der Waals surface area (Å²) in [6, 6.07) is 18.6. The molecule has 3 heterocycles. The Morgan fingerprint density at radius 3 is 2.75 bits per heavy atom. The minimum absolute atomic E-state index is 0.161. The summed E-state index contributed by atoms with van der Waals surface area (Å²) in [7, 11) is 3.40. The van der Waals surface area contributed by atoms with Gasteiger partial charge in [0, 0.05) is 68.9 Å². The zero-order valence-corrected chi connectivity index (χ0v) is 20.9. The van der Waals surface area contributed by atoms with Crippen LogP contribution >= 0.6 is 0 Å². The highest BCUT2D eigenvalue weighted by molar-refractivity contribution is 5.92. The molecule has 0 aliphatic carbocycles. The Morgan fingerprint density at radius 1 is 1.17 bits per heavy atom. The SMILES string of the molecule is CNC(=O)N(C)c1ccccc1Cn1ccc2cnc(Nc3ccc(N4CCN[C@H](C)C4)cc3)nc21. The lowest BCUT2D eigenvalue weighted by atomic mass is 10.1. The summed E-state index contributed by atoms with van der Waals surface area (Å²) in [4.78, 5) is 25.5. The normalized spacial score (nSPS) is 15.6. The number of carbonyl (C=O) groups excluding carboxylic acids is 1. The van der Waals surface area contributed by atoms with Crippen molar-refractivity contribution in [3.05, 3.63) is 72.6 Å². The number of fused-ring (bicyclic) bond motifs is 1. The van der Waals surface area contributed by atoms with Crippen molar-refractivity contribution in [1.82, 2.24) is 25.2 Å². The van der Waals surface area contributed by atoms with Crippen molar-refractivity contribution < 1.29 is 4.79 Å². The van der Waals surface area contributed by atoms with Crippen LogP contribution in [0.4, 0.5) is 27.8 Å². The fraction of sp³-hybridized carbons (Fsp3) is 0.296. The molecule has 36 heavy (non-hydrogen) atoms. The van der Waals surface area contributed by atoms with Crippen molar-refractivity contribution in [1.29, 1.82) is 0 Å². The minimum atomic E-state index is -0.161. The zero-order valence-electron chi connectivity index (χ0n) is 20.9. The van der Waals surface area contributed by atoms with Gasteiger partial charge in [0.05, 0.1) is 12.2 Å². The lowest BCUT2D eigenvalue weighted by Gasteiger charge is -2.33. The second kappa shape index (κ2) is 10.2. The predicted octanol–water partition coefficient (Wildman–Crippen LogP) is 3.80. The standard InChI is InChI=1S/C27H32N8O/c1-19-17-34(15-13-29-19)23-10-8-22(9-11-23)31-26-30-16-20-12-14-35(25(20)32-26)18-21-6-4-5-7-24(21)33(3)27(36)28-2/h4-12,14,16,19,29H,13,15,17-18H2,1-3H3,(H,28,36)(H,30,31,32)/t19-/m1/s1. The molecule has 4 aromatic rings. The van der Waals surface area contributed by atoms with Gasteiger partial charge in [0.2, 0.25) is 5.95 Å². The van der Waals surface area contributed by atoms with Crippen LogP contribution in [0.5, 0.6) is 0 Å². The number of carbonyl (C=O) groups is 1. The molecule has 2 amide bonds. The molecular formula is C27H32N8O. The van der Waals surface area contributed by atoms with Gasteiger partial charge in [-0.1, -0.05) is 18.2 Å². The topological polar surface area (TPSA) is 90.4 Å². The fourth-order valence-electron chi connectivity index (χ4n) is 4.64. The molecule has 9 nitrogen and oxygen atoms in total. The van der Waals surface area contributed by atoms with Gasteiger partial charge in [-0.15, -0.1) is 0 Å². The van der Waals surface area contributed by atoms with E-state index in [-0.39, 0.29) is 6.03 Å². The van der Waals surface area contributed by atoms with Gasteiger partial charge >= 0.3 is 6.03 Å². The molecular weight excluding hydrogens is 452 g/mol. The predicted molar refractivity (Wildman–Crippen MR) is 145 cm³/mol. The van der Waals surface area contributed by atoms with Crippen LogP contribution in [-0.2, 0) is 6.54 Å². The van der Waals surface area contributed by atoms with Gasteiger partial charge in [-0.2, -0.15) is 4.98 Å². The summed E-state index contributed by atoms with van der Waals surface area (Å²) in [6.07, 6.45) is 3.84. The Labute approximate surface area is 211 Å². The second-order valence-corrected chi connectivity index (χ2v) is 9.13. The Kier molecular flexibility index (Phi) is 6.73. The van der Waals surface area contributed by atoms with E-state index in [9.17, 15) is 4.79 Å². The van der Waals surface area contributed by atoms with Gasteiger partial charge < -0.3 is 25.4 Å². The highest BCUT2D eigenvalue weighted by Crippen LogP contribution is 2.25. The smallest absolute Gasteiger partial charge is 0.321 e. The maximum Gasteiger partial charge on any atom is 0.321 e. The van der Waals surface area contributed by atoms with E-state index < -0.39 is 0 Å². The summed E-state index contributed by atoms with van der Waals surface area (Å²) >= 11 is 0. The number of anilines is 4. The summed E-state index contributed by atoms with van der Waals surface area (Å²) in [6.45, 7) is 5.81. The van der Waals surface area contributed by atoms with Crippen molar-refractivity contribution in [3.8, 4) is 0 Å². The molecule has 1 fully saturated rings. The molecule has 5 rings (SSSR count). The molecule has 0 bridgehead atoms. The van der Waals surface area contributed by atoms with E-state index in [4.69, 9.17) is 4.98 Å². The van der Waals surface area contributed by atoms with Crippen molar-refractivity contribution >= 4 is 40.1 Å². The Bertz CT molecular complexity index is 1350. The molecule has 9 heteroatoms. The maximum atomic E-state index is 12.2. The number of amides is 2. The van der Waals surface area contributed by atoms with Crippen molar-refractivity contribution in [2.75, 3.05) is 48.8 Å². The van der Waals surface area contributed by atoms with Gasteiger partial charge in [0.25, 0.3) is 0 Å². The van der Waals surface area contributed by atoms with E-state index >= 15 is 0 Å². The van der Waals surface area contributed by atoms with E-state index in [1.54, 1.807) is 19.0 Å². The molecule has 1 saturated heterocycles. The van der Waals surface area contributed by atoms with Crippen LogP contribution in [0.1, 0.15) is 12.5 Å². The third kappa shape index (κ3) is 4.96. The van der Waals surface area contributed by atoms with E-state index in [1.165, 1.54) is 5.69 Å². The Morgan fingerprint density at radius 2 is 1.97 bits per heavy atom. The fourth-order valence-corrected chi connectivity index (χ4v) is 4.64. The number of rotatable bonds is 6. The Hall–Kier alpha value is -4.11. The van der Waals surface area contributed by atoms with Crippen LogP contribution in [0, 0.1) is 0 Å². The molecule has 186 valence electrons. The molecule has 0 radical (unpaired) electrons. The second-order valence-electron chi connectivity index (χ2n) is 9.13. The summed E-state index contributed by atoms with van der Waals surface area (Å²) in [5.74, 6) is 0.543. The number of nitrogens with zero attached hydrogens (tertiary/aromatic N) is 5. The van der Waals surface area contributed by atoms with Crippen LogP contribution < -0.4 is 25.8 Å². The average molecular weight is 485 g/mol. The lowest BCUT2D eigenvalue weighted by Crippen LogP contribution is -2.49. The van der Waals surface area contributed by atoms with Crippen LogP contribution in [-0.4, -0.2) is 60.3 Å². The monoisotopic (exact) mass is 484 g/mol. The maximum absolute atomic E-state index is 12.2. The summed E-state index contributed by atoms with van der Waals surface area (Å²) in [5.41, 5.74) is 4.87. The quantitative estimate of drug-likeness (QED) is 0.386. The van der Waals surface area contributed by atoms with Crippen LogP contribution in [0.2, 0.25) is 0 Å². The minimum Gasteiger partial charge on any atom is -0.369 e. The first-order chi connectivity index (χ1) is 17.5. The van der Waals surface area contributed by atoms with Crippen molar-refractivity contribution in [2.24, 2.45) is 0 Å². The first-order valence-corrected chi connectivity index (χ1v) is 12.2. The van der Waals surface area contributed by atoms with Crippen LogP contribution in [0.25, 0.3) is 11.0 Å². The van der Waals surface area contributed by atoms with Gasteiger partial charge in [-0.25, -0.2) is 9.78 Å². The highest BCUT2D eigenvalue weighted by atomic mass is 16.2. The lowest BCUT2D eigenvalue weighted by molar-refractivity contribution is 0.249. The molecule has 2 aromatic heterocycles. The number of hydrogen-bond acceptors (Lipinski definition) is 6. The first-order valence-electron chi connectivity index (χ1n) is 12.2. The number of benzene rings is 2. The molecule has 2 aromatic carbocycles. The Balaban J connectivity index is 1.35. The van der Waals surface area contributed by atoms with Gasteiger partial charge in [-0.3, -0.25) is 4.90 Å². The molecule has 0 unspecified atom stereocenters. The number of aromatic nitrogens is 3. The number of para-hydroxylation sites is 1. The van der Waals surface area contributed by atoms with Gasteiger partial charge in [-0.05, 0) is 48.9 Å². The molecule has 1 atom stereocenters. The third-order valence-electron chi connectivity index (χ3n) is 6.57. The van der Waals surface area contributed by atoms with Gasteiger partial charge in [0.1, 0.15) is 5.65 Å². The van der Waals surface area contributed by atoms with E-state index in [0.717, 1.165) is 47.6 Å². The largest absolute Gasteiger partial charge is 0.369 e.